The fraction of sp³-hybridized carbons (Fsp3) is 0.529. The van der Waals surface area contributed by atoms with Crippen LogP contribution in [0.1, 0.15) is 23.5 Å². The minimum atomic E-state index is -3.34. The molecule has 0 spiro atoms. The molecule has 0 aromatic heterocycles. The third kappa shape index (κ3) is 4.58. The molecule has 1 aliphatic rings. The Morgan fingerprint density at radius 2 is 1.92 bits per heavy atom. The Balaban J connectivity index is 2.10. The summed E-state index contributed by atoms with van der Waals surface area (Å²) in [6.07, 6.45) is 1.12. The van der Waals surface area contributed by atoms with Crippen LogP contribution in [0.2, 0.25) is 0 Å². The summed E-state index contributed by atoms with van der Waals surface area (Å²) in [6, 6.07) is 7.60. The van der Waals surface area contributed by atoms with Crippen molar-refractivity contribution in [3.63, 3.8) is 0 Å². The van der Waals surface area contributed by atoms with Gasteiger partial charge in [0.1, 0.15) is 0 Å². The lowest BCUT2D eigenvalue weighted by atomic mass is 9.86. The van der Waals surface area contributed by atoms with Gasteiger partial charge in [0.25, 0.3) is 0 Å². The summed E-state index contributed by atoms with van der Waals surface area (Å²) in [7, 11) is -1.92. The van der Waals surface area contributed by atoms with E-state index in [-0.39, 0.29) is 31.3 Å². The van der Waals surface area contributed by atoms with Gasteiger partial charge in [0, 0.05) is 39.0 Å². The zero-order valence-electron chi connectivity index (χ0n) is 14.7. The van der Waals surface area contributed by atoms with Crippen molar-refractivity contribution in [3.8, 4) is 0 Å². The van der Waals surface area contributed by atoms with Crippen molar-refractivity contribution in [2.24, 2.45) is 5.92 Å². The van der Waals surface area contributed by atoms with Crippen LogP contribution < -0.4 is 0 Å². The van der Waals surface area contributed by atoms with Crippen LogP contribution >= 0.6 is 0 Å². The number of rotatable bonds is 6. The number of hydrogen-bond acceptors (Lipinski definition) is 4. The Kier molecular flexibility index (Phi) is 5.84. The number of carbonyl (C=O) groups excluding carboxylic acids is 1. The van der Waals surface area contributed by atoms with E-state index >= 15 is 0 Å². The Labute approximate surface area is 148 Å². The number of likely N-dealkylation sites (tertiary alicyclic amines) is 1. The number of benzene rings is 1. The van der Waals surface area contributed by atoms with Gasteiger partial charge in [-0.3, -0.25) is 9.59 Å². The predicted molar refractivity (Wildman–Crippen MR) is 93.7 cm³/mol. The molecule has 1 aromatic carbocycles. The Morgan fingerprint density at radius 1 is 1.28 bits per heavy atom. The molecule has 1 amide bonds. The highest BCUT2D eigenvalue weighted by atomic mass is 32.2. The second kappa shape index (κ2) is 7.53. The number of carboxylic acids is 1. The van der Waals surface area contributed by atoms with E-state index in [0.29, 0.717) is 6.54 Å². The van der Waals surface area contributed by atoms with Gasteiger partial charge in [-0.15, -0.1) is 0 Å². The number of aryl methyl sites for hydroxylation is 1. The maximum Gasteiger partial charge on any atom is 0.308 e. The summed E-state index contributed by atoms with van der Waals surface area (Å²) in [5.41, 5.74) is 1.95. The van der Waals surface area contributed by atoms with Crippen molar-refractivity contribution in [1.82, 2.24) is 9.21 Å². The molecule has 0 saturated carbocycles. The molecule has 1 heterocycles. The summed E-state index contributed by atoms with van der Waals surface area (Å²) >= 11 is 0. The molecule has 2 atom stereocenters. The molecule has 0 aliphatic carbocycles. The van der Waals surface area contributed by atoms with Gasteiger partial charge in [-0.2, -0.15) is 0 Å². The van der Waals surface area contributed by atoms with Crippen molar-refractivity contribution in [2.75, 3.05) is 32.9 Å². The molecule has 1 fully saturated rings. The number of sulfonamides is 1. The van der Waals surface area contributed by atoms with Crippen molar-refractivity contribution in [1.29, 1.82) is 0 Å². The van der Waals surface area contributed by atoms with E-state index < -0.39 is 21.9 Å². The summed E-state index contributed by atoms with van der Waals surface area (Å²) in [5.74, 6) is -2.05. The van der Waals surface area contributed by atoms with E-state index in [1.807, 2.05) is 31.2 Å². The molecule has 0 radical (unpaired) electrons. The van der Waals surface area contributed by atoms with Gasteiger partial charge in [0.05, 0.1) is 12.2 Å². The molecule has 0 unspecified atom stereocenters. The summed E-state index contributed by atoms with van der Waals surface area (Å²) in [6.45, 7) is 2.50. The van der Waals surface area contributed by atoms with Gasteiger partial charge in [-0.1, -0.05) is 24.3 Å². The van der Waals surface area contributed by atoms with Crippen LogP contribution in [0, 0.1) is 12.8 Å². The first kappa shape index (κ1) is 19.4. The molecule has 1 aromatic rings. The topological polar surface area (TPSA) is 95.0 Å². The molecular weight excluding hydrogens is 344 g/mol. The van der Waals surface area contributed by atoms with Crippen LogP contribution in [0.25, 0.3) is 0 Å². The summed E-state index contributed by atoms with van der Waals surface area (Å²) in [4.78, 5) is 25.6. The summed E-state index contributed by atoms with van der Waals surface area (Å²) < 4.78 is 23.9. The SMILES string of the molecule is Cc1ccccc1[C@@H]1CN(C(=O)CCN(C)S(C)(=O)=O)C[C@H]1C(=O)O. The number of hydrogen-bond donors (Lipinski definition) is 1. The molecule has 1 aliphatic heterocycles. The first-order valence-electron chi connectivity index (χ1n) is 8.08. The molecule has 0 bridgehead atoms. The van der Waals surface area contributed by atoms with Crippen LogP contribution in [0.5, 0.6) is 0 Å². The second-order valence-corrected chi connectivity index (χ2v) is 8.63. The van der Waals surface area contributed by atoms with Gasteiger partial charge in [-0.25, -0.2) is 12.7 Å². The first-order valence-corrected chi connectivity index (χ1v) is 9.93. The molecule has 1 N–H and O–H groups in total. The van der Waals surface area contributed by atoms with Gasteiger partial charge in [0.15, 0.2) is 0 Å². The first-order chi connectivity index (χ1) is 11.6. The van der Waals surface area contributed by atoms with Gasteiger partial charge >= 0.3 is 5.97 Å². The minimum absolute atomic E-state index is 0.0381. The quantitative estimate of drug-likeness (QED) is 0.805. The van der Waals surface area contributed by atoms with Crippen molar-refractivity contribution in [2.45, 2.75) is 19.3 Å². The van der Waals surface area contributed by atoms with Crippen LogP contribution in [0.4, 0.5) is 0 Å². The van der Waals surface area contributed by atoms with E-state index in [0.717, 1.165) is 21.7 Å². The Hall–Kier alpha value is -1.93. The van der Waals surface area contributed by atoms with E-state index in [9.17, 15) is 23.1 Å². The molecule has 8 heteroatoms. The fourth-order valence-corrected chi connectivity index (χ4v) is 3.58. The Morgan fingerprint density at radius 3 is 2.48 bits per heavy atom. The second-order valence-electron chi connectivity index (χ2n) is 6.54. The van der Waals surface area contributed by atoms with E-state index in [1.165, 1.54) is 11.9 Å². The highest BCUT2D eigenvalue weighted by Crippen LogP contribution is 2.34. The maximum absolute atomic E-state index is 12.4. The zero-order chi connectivity index (χ0) is 18.8. The van der Waals surface area contributed by atoms with Crippen molar-refractivity contribution >= 4 is 21.9 Å². The van der Waals surface area contributed by atoms with E-state index in [2.05, 4.69) is 0 Å². The van der Waals surface area contributed by atoms with E-state index in [1.54, 1.807) is 0 Å². The van der Waals surface area contributed by atoms with Gasteiger partial charge in [-0.05, 0) is 18.1 Å². The van der Waals surface area contributed by atoms with Crippen LogP contribution in [0.3, 0.4) is 0 Å². The normalized spacial score (nSPS) is 20.9. The van der Waals surface area contributed by atoms with Crippen molar-refractivity contribution < 1.29 is 23.1 Å². The zero-order valence-corrected chi connectivity index (χ0v) is 15.5. The van der Waals surface area contributed by atoms with Crippen LogP contribution in [-0.2, 0) is 19.6 Å². The van der Waals surface area contributed by atoms with Gasteiger partial charge in [0.2, 0.25) is 15.9 Å². The predicted octanol–water partition coefficient (Wildman–Crippen LogP) is 0.903. The highest BCUT2D eigenvalue weighted by Gasteiger charge is 2.40. The third-order valence-corrected chi connectivity index (χ3v) is 6.10. The molecular formula is C17H24N2O5S. The monoisotopic (exact) mass is 368 g/mol. The number of nitrogens with zero attached hydrogens (tertiary/aromatic N) is 2. The highest BCUT2D eigenvalue weighted by molar-refractivity contribution is 7.88. The standard InChI is InChI=1S/C17H24N2O5S/c1-12-6-4-5-7-13(12)14-10-19(11-15(14)17(21)22)16(20)8-9-18(2)25(3,23)24/h4-7,14-15H,8-11H2,1-3H3,(H,21,22)/t14-,15+/m0/s1. The van der Waals surface area contributed by atoms with Crippen molar-refractivity contribution in [3.05, 3.63) is 35.4 Å². The molecule has 7 nitrogen and oxygen atoms in total. The average molecular weight is 368 g/mol. The van der Waals surface area contributed by atoms with Gasteiger partial charge < -0.3 is 10.0 Å². The smallest absolute Gasteiger partial charge is 0.308 e. The maximum atomic E-state index is 12.4. The lowest BCUT2D eigenvalue weighted by Gasteiger charge is -2.19. The third-order valence-electron chi connectivity index (χ3n) is 4.78. The molecule has 25 heavy (non-hydrogen) atoms. The lowest BCUT2D eigenvalue weighted by Crippen LogP contribution is -2.34. The van der Waals surface area contributed by atoms with E-state index in [4.69, 9.17) is 0 Å². The molecule has 138 valence electrons. The van der Waals surface area contributed by atoms with Crippen LogP contribution in [-0.4, -0.2) is 67.5 Å². The minimum Gasteiger partial charge on any atom is -0.481 e. The number of carbonyl (C=O) groups is 2. The average Bonchev–Trinajstić information content (AvgIpc) is 2.97. The largest absolute Gasteiger partial charge is 0.481 e. The fourth-order valence-electron chi connectivity index (χ4n) is 3.15. The molecule has 2 rings (SSSR count). The lowest BCUT2D eigenvalue weighted by molar-refractivity contribution is -0.141. The number of amides is 1. The molecule has 1 saturated heterocycles. The Bertz CT molecular complexity index is 762. The number of carboxylic acid groups (broad SMARTS) is 1. The van der Waals surface area contributed by atoms with Crippen LogP contribution in [0.15, 0.2) is 24.3 Å². The number of aliphatic carboxylic acids is 1. The summed E-state index contributed by atoms with van der Waals surface area (Å²) in [5, 5.41) is 9.53.